The van der Waals surface area contributed by atoms with Crippen molar-refractivity contribution in [1.82, 2.24) is 14.5 Å². The number of hydrogen-bond donors (Lipinski definition) is 1. The summed E-state index contributed by atoms with van der Waals surface area (Å²) in [5.41, 5.74) is 0.881. The third-order valence-electron chi connectivity index (χ3n) is 4.26. The SMILES string of the molecule is Cn1cncc1CN1C[C@H](O)C[C@@H]1c1cccc(C(F)(F)F)c1. The van der Waals surface area contributed by atoms with Gasteiger partial charge in [-0.05, 0) is 24.1 Å². The van der Waals surface area contributed by atoms with Crippen molar-refractivity contribution in [2.24, 2.45) is 7.05 Å². The Bertz CT molecular complexity index is 683. The van der Waals surface area contributed by atoms with E-state index in [-0.39, 0.29) is 6.04 Å². The van der Waals surface area contributed by atoms with Crippen molar-refractivity contribution in [2.45, 2.75) is 31.3 Å². The van der Waals surface area contributed by atoms with Crippen LogP contribution in [0.4, 0.5) is 13.2 Å². The zero-order chi connectivity index (χ0) is 16.6. The molecule has 1 N–H and O–H groups in total. The van der Waals surface area contributed by atoms with E-state index in [4.69, 9.17) is 0 Å². The summed E-state index contributed by atoms with van der Waals surface area (Å²) < 4.78 is 40.6. The normalized spacial score (nSPS) is 22.7. The summed E-state index contributed by atoms with van der Waals surface area (Å²) in [6, 6.07) is 5.13. The average Bonchev–Trinajstić information content (AvgIpc) is 3.05. The first-order valence-corrected chi connectivity index (χ1v) is 7.39. The lowest BCUT2D eigenvalue weighted by Crippen LogP contribution is -2.25. The highest BCUT2D eigenvalue weighted by molar-refractivity contribution is 5.29. The van der Waals surface area contributed by atoms with Crippen LogP contribution in [0.15, 0.2) is 36.8 Å². The Kier molecular flexibility index (Phi) is 4.16. The van der Waals surface area contributed by atoms with Gasteiger partial charge in [0, 0.05) is 32.4 Å². The molecule has 4 nitrogen and oxygen atoms in total. The van der Waals surface area contributed by atoms with Gasteiger partial charge < -0.3 is 9.67 Å². The van der Waals surface area contributed by atoms with Crippen molar-refractivity contribution in [3.05, 3.63) is 53.6 Å². The smallest absolute Gasteiger partial charge is 0.392 e. The molecule has 1 fully saturated rings. The van der Waals surface area contributed by atoms with Crippen LogP contribution in [0, 0.1) is 0 Å². The van der Waals surface area contributed by atoms with Crippen LogP contribution >= 0.6 is 0 Å². The van der Waals surface area contributed by atoms with Crippen LogP contribution in [-0.2, 0) is 19.8 Å². The van der Waals surface area contributed by atoms with Gasteiger partial charge in [0.2, 0.25) is 0 Å². The molecule has 1 aliphatic heterocycles. The Hall–Kier alpha value is -1.86. The molecule has 1 aliphatic rings. The Morgan fingerprint density at radius 2 is 2.13 bits per heavy atom. The molecule has 0 bridgehead atoms. The van der Waals surface area contributed by atoms with E-state index in [1.165, 1.54) is 12.1 Å². The fourth-order valence-corrected chi connectivity index (χ4v) is 3.07. The molecule has 2 heterocycles. The zero-order valence-electron chi connectivity index (χ0n) is 12.7. The molecule has 1 aromatic carbocycles. The summed E-state index contributed by atoms with van der Waals surface area (Å²) in [4.78, 5) is 6.05. The second-order valence-electron chi connectivity index (χ2n) is 5.95. The Morgan fingerprint density at radius 3 is 2.78 bits per heavy atom. The lowest BCUT2D eigenvalue weighted by Gasteiger charge is -2.25. The van der Waals surface area contributed by atoms with E-state index in [1.54, 1.807) is 18.6 Å². The van der Waals surface area contributed by atoms with E-state index in [0.717, 1.165) is 11.8 Å². The second kappa shape index (κ2) is 5.98. The van der Waals surface area contributed by atoms with Crippen LogP contribution in [0.25, 0.3) is 0 Å². The molecule has 3 rings (SSSR count). The summed E-state index contributed by atoms with van der Waals surface area (Å²) in [5.74, 6) is 0. The number of halogens is 3. The third kappa shape index (κ3) is 3.40. The van der Waals surface area contributed by atoms with E-state index in [2.05, 4.69) is 4.98 Å². The zero-order valence-corrected chi connectivity index (χ0v) is 12.7. The van der Waals surface area contributed by atoms with Gasteiger partial charge in [0.15, 0.2) is 0 Å². The van der Waals surface area contributed by atoms with Crippen molar-refractivity contribution in [3.63, 3.8) is 0 Å². The molecule has 1 saturated heterocycles. The molecular formula is C16H18F3N3O. The Morgan fingerprint density at radius 1 is 1.35 bits per heavy atom. The van der Waals surface area contributed by atoms with Crippen molar-refractivity contribution in [3.8, 4) is 0 Å². The molecule has 2 aromatic rings. The third-order valence-corrected chi connectivity index (χ3v) is 4.26. The first-order chi connectivity index (χ1) is 10.8. The number of β-amino-alcohol motifs (C(OH)–C–C–N with tert-alkyl or cyclic N) is 1. The van der Waals surface area contributed by atoms with Gasteiger partial charge in [-0.15, -0.1) is 0 Å². The van der Waals surface area contributed by atoms with Crippen LogP contribution in [-0.4, -0.2) is 32.2 Å². The number of nitrogens with zero attached hydrogens (tertiary/aromatic N) is 3. The molecule has 7 heteroatoms. The number of aliphatic hydroxyl groups excluding tert-OH is 1. The summed E-state index contributed by atoms with van der Waals surface area (Å²) in [6.45, 7) is 0.973. The maximum Gasteiger partial charge on any atom is 0.416 e. The lowest BCUT2D eigenvalue weighted by molar-refractivity contribution is -0.137. The lowest BCUT2D eigenvalue weighted by atomic mass is 10.0. The van der Waals surface area contributed by atoms with Crippen LogP contribution in [0.3, 0.4) is 0 Å². The standard InChI is InChI=1S/C16H18F3N3O/c1-21-10-20-7-13(21)8-22-9-14(23)6-15(22)11-3-2-4-12(5-11)16(17,18)19/h2-5,7,10,14-15,23H,6,8-9H2,1H3/t14-,15-/m1/s1. The number of imidazole rings is 1. The number of rotatable bonds is 3. The van der Waals surface area contributed by atoms with Gasteiger partial charge in [0.1, 0.15) is 0 Å². The topological polar surface area (TPSA) is 41.3 Å². The molecule has 0 spiro atoms. The fourth-order valence-electron chi connectivity index (χ4n) is 3.07. The summed E-state index contributed by atoms with van der Waals surface area (Å²) in [7, 11) is 1.87. The van der Waals surface area contributed by atoms with Gasteiger partial charge in [-0.3, -0.25) is 4.90 Å². The van der Waals surface area contributed by atoms with Gasteiger partial charge in [-0.2, -0.15) is 13.2 Å². The highest BCUT2D eigenvalue weighted by Gasteiger charge is 2.35. The van der Waals surface area contributed by atoms with Gasteiger partial charge >= 0.3 is 6.18 Å². The number of benzene rings is 1. The number of hydrogen-bond acceptors (Lipinski definition) is 3. The van der Waals surface area contributed by atoms with Crippen molar-refractivity contribution >= 4 is 0 Å². The molecule has 0 unspecified atom stereocenters. The first-order valence-electron chi connectivity index (χ1n) is 7.39. The molecular weight excluding hydrogens is 307 g/mol. The van der Waals surface area contributed by atoms with Crippen LogP contribution < -0.4 is 0 Å². The quantitative estimate of drug-likeness (QED) is 0.943. The van der Waals surface area contributed by atoms with E-state index in [1.807, 2.05) is 16.5 Å². The molecule has 1 aromatic heterocycles. The molecule has 23 heavy (non-hydrogen) atoms. The van der Waals surface area contributed by atoms with Crippen LogP contribution in [0.5, 0.6) is 0 Å². The monoisotopic (exact) mass is 325 g/mol. The second-order valence-corrected chi connectivity index (χ2v) is 5.95. The minimum Gasteiger partial charge on any atom is -0.392 e. The number of aryl methyl sites for hydroxylation is 1. The molecule has 2 atom stereocenters. The minimum atomic E-state index is -4.36. The number of likely N-dealkylation sites (tertiary alicyclic amines) is 1. The molecule has 0 amide bonds. The van der Waals surface area contributed by atoms with E-state index < -0.39 is 17.8 Å². The van der Waals surface area contributed by atoms with Gasteiger partial charge in [-0.1, -0.05) is 12.1 Å². The summed E-state index contributed by atoms with van der Waals surface area (Å²) >= 11 is 0. The maximum absolute atomic E-state index is 12.9. The molecule has 0 saturated carbocycles. The molecule has 124 valence electrons. The minimum absolute atomic E-state index is 0.234. The number of aromatic nitrogens is 2. The Labute approximate surface area is 132 Å². The van der Waals surface area contributed by atoms with Crippen LogP contribution in [0.1, 0.15) is 29.3 Å². The summed E-state index contributed by atoms with van der Waals surface area (Å²) in [6.07, 6.45) is -1.06. The maximum atomic E-state index is 12.9. The first kappa shape index (κ1) is 16.0. The average molecular weight is 325 g/mol. The number of aliphatic hydroxyl groups is 1. The van der Waals surface area contributed by atoms with E-state index >= 15 is 0 Å². The molecule has 0 aliphatic carbocycles. The van der Waals surface area contributed by atoms with Gasteiger partial charge in [0.05, 0.1) is 23.7 Å². The summed E-state index contributed by atoms with van der Waals surface area (Å²) in [5, 5.41) is 9.97. The highest BCUT2D eigenvalue weighted by Crippen LogP contribution is 2.36. The van der Waals surface area contributed by atoms with Gasteiger partial charge in [0.25, 0.3) is 0 Å². The predicted octanol–water partition coefficient (Wildman–Crippen LogP) is 2.75. The van der Waals surface area contributed by atoms with Crippen molar-refractivity contribution in [2.75, 3.05) is 6.54 Å². The van der Waals surface area contributed by atoms with Crippen LogP contribution in [0.2, 0.25) is 0 Å². The Balaban J connectivity index is 1.86. The largest absolute Gasteiger partial charge is 0.416 e. The van der Waals surface area contributed by atoms with Gasteiger partial charge in [-0.25, -0.2) is 4.98 Å². The van der Waals surface area contributed by atoms with Crippen molar-refractivity contribution < 1.29 is 18.3 Å². The number of alkyl halides is 3. The highest BCUT2D eigenvalue weighted by atomic mass is 19.4. The van der Waals surface area contributed by atoms with E-state index in [0.29, 0.717) is 25.1 Å². The molecule has 0 radical (unpaired) electrons. The van der Waals surface area contributed by atoms with E-state index in [9.17, 15) is 18.3 Å². The van der Waals surface area contributed by atoms with Crippen molar-refractivity contribution in [1.29, 1.82) is 0 Å². The fraction of sp³-hybridized carbons (Fsp3) is 0.438. The predicted molar refractivity (Wildman–Crippen MR) is 78.4 cm³/mol.